The van der Waals surface area contributed by atoms with Crippen LogP contribution in [0.25, 0.3) is 0 Å². The Morgan fingerprint density at radius 2 is 1.80 bits per heavy atom. The van der Waals surface area contributed by atoms with Crippen LogP contribution in [0, 0.1) is 5.92 Å². The van der Waals surface area contributed by atoms with Gasteiger partial charge in [0.1, 0.15) is 0 Å². The van der Waals surface area contributed by atoms with Crippen LogP contribution in [0.3, 0.4) is 0 Å². The van der Waals surface area contributed by atoms with Gasteiger partial charge in [-0.15, -0.1) is 0 Å². The maximum atomic E-state index is 12.1. The largest absolute Gasteiger partial charge is 0.353 e. The maximum Gasteiger partial charge on any atom is 0.314 e. The third kappa shape index (κ3) is 6.17. The molecule has 2 aliphatic carbocycles. The van der Waals surface area contributed by atoms with Crippen molar-refractivity contribution in [3.8, 4) is 0 Å². The van der Waals surface area contributed by atoms with Crippen LogP contribution in [0.2, 0.25) is 0 Å². The van der Waals surface area contributed by atoms with Crippen LogP contribution >= 0.6 is 0 Å². The van der Waals surface area contributed by atoms with E-state index in [1.807, 2.05) is 0 Å². The van der Waals surface area contributed by atoms with E-state index in [1.165, 1.54) is 25.7 Å². The van der Waals surface area contributed by atoms with Crippen LogP contribution in [0.4, 0.5) is 4.79 Å². The van der Waals surface area contributed by atoms with Crippen molar-refractivity contribution in [1.82, 2.24) is 20.9 Å². The molecule has 0 saturated heterocycles. The molecular formula is C19H36N4O2. The van der Waals surface area contributed by atoms with Crippen LogP contribution in [0.1, 0.15) is 64.7 Å². The summed E-state index contributed by atoms with van der Waals surface area (Å²) in [5, 5.41) is 8.88. The summed E-state index contributed by atoms with van der Waals surface area (Å²) in [7, 11) is 4.20. The number of hydrogen-bond acceptors (Lipinski definition) is 3. The van der Waals surface area contributed by atoms with E-state index in [0.717, 1.165) is 25.7 Å². The third-order valence-corrected chi connectivity index (χ3v) is 5.95. The highest BCUT2D eigenvalue weighted by Gasteiger charge is 2.37. The zero-order valence-corrected chi connectivity index (χ0v) is 16.2. The second-order valence-electron chi connectivity index (χ2n) is 8.23. The monoisotopic (exact) mass is 352 g/mol. The summed E-state index contributed by atoms with van der Waals surface area (Å²) in [5.41, 5.74) is 0.0505. The van der Waals surface area contributed by atoms with Gasteiger partial charge >= 0.3 is 6.03 Å². The van der Waals surface area contributed by atoms with E-state index in [4.69, 9.17) is 0 Å². The molecule has 2 aliphatic rings. The molecule has 3 amide bonds. The summed E-state index contributed by atoms with van der Waals surface area (Å²) >= 11 is 0. The average molecular weight is 353 g/mol. The molecule has 0 radical (unpaired) electrons. The predicted molar refractivity (Wildman–Crippen MR) is 100 cm³/mol. The predicted octanol–water partition coefficient (Wildman–Crippen LogP) is 2.25. The summed E-state index contributed by atoms with van der Waals surface area (Å²) in [6.45, 7) is 3.33. The highest BCUT2D eigenvalue weighted by atomic mass is 16.2. The van der Waals surface area contributed by atoms with Crippen molar-refractivity contribution in [2.75, 3.05) is 27.2 Å². The molecule has 2 rings (SSSR count). The van der Waals surface area contributed by atoms with Gasteiger partial charge in [-0.2, -0.15) is 0 Å². The minimum Gasteiger partial charge on any atom is -0.353 e. The third-order valence-electron chi connectivity index (χ3n) is 5.95. The van der Waals surface area contributed by atoms with E-state index in [9.17, 15) is 9.59 Å². The molecule has 0 aromatic heterocycles. The van der Waals surface area contributed by atoms with Gasteiger partial charge in [-0.05, 0) is 45.7 Å². The summed E-state index contributed by atoms with van der Waals surface area (Å²) in [6, 6.07) is 0.169. The lowest BCUT2D eigenvalue weighted by atomic mass is 9.75. The van der Waals surface area contributed by atoms with Crippen molar-refractivity contribution < 1.29 is 9.59 Å². The fraction of sp³-hybridized carbons (Fsp3) is 0.895. The minimum absolute atomic E-state index is 0.0399. The second kappa shape index (κ2) is 9.41. The van der Waals surface area contributed by atoms with Crippen LogP contribution in [0.15, 0.2) is 0 Å². The molecule has 2 unspecified atom stereocenters. The Balaban J connectivity index is 1.66. The Morgan fingerprint density at radius 3 is 2.44 bits per heavy atom. The summed E-state index contributed by atoms with van der Waals surface area (Å²) in [5.74, 6) is 0.735. The van der Waals surface area contributed by atoms with Crippen LogP contribution in [-0.4, -0.2) is 55.6 Å². The maximum absolute atomic E-state index is 12.1. The molecule has 0 heterocycles. The number of nitrogens with zero attached hydrogens (tertiary/aromatic N) is 1. The first-order valence-electron chi connectivity index (χ1n) is 9.90. The van der Waals surface area contributed by atoms with Crippen molar-refractivity contribution in [1.29, 1.82) is 0 Å². The zero-order valence-electron chi connectivity index (χ0n) is 16.2. The fourth-order valence-corrected chi connectivity index (χ4v) is 4.32. The number of likely N-dealkylation sites (N-methyl/N-ethyl adjacent to an activating group) is 1. The zero-order chi connectivity index (χ0) is 18.3. The first kappa shape index (κ1) is 20.0. The molecule has 2 saturated carbocycles. The van der Waals surface area contributed by atoms with Gasteiger partial charge in [-0.1, -0.05) is 32.6 Å². The number of urea groups is 1. The first-order valence-corrected chi connectivity index (χ1v) is 9.90. The van der Waals surface area contributed by atoms with Crippen molar-refractivity contribution in [3.05, 3.63) is 0 Å². The topological polar surface area (TPSA) is 73.5 Å². The molecule has 0 aliphatic heterocycles. The molecule has 0 bridgehead atoms. The Labute approximate surface area is 152 Å². The van der Waals surface area contributed by atoms with E-state index < -0.39 is 0 Å². The SMILES string of the molecule is CC1CCCC(CNC(=O)NCCC(=O)NC2CCCC2)(N(C)C)C1. The quantitative estimate of drug-likeness (QED) is 0.658. The van der Waals surface area contributed by atoms with Gasteiger partial charge in [0.05, 0.1) is 0 Å². The number of hydrogen-bond donors (Lipinski definition) is 3. The lowest BCUT2D eigenvalue weighted by Gasteiger charge is -2.45. The molecule has 2 atom stereocenters. The van der Waals surface area contributed by atoms with Gasteiger partial charge in [-0.3, -0.25) is 4.79 Å². The number of amides is 3. The standard InChI is InChI=1S/C19H36N4O2/c1-15-7-6-11-19(13-15,23(2)3)14-21-18(25)20-12-10-17(24)22-16-8-4-5-9-16/h15-16H,4-14H2,1-3H3,(H,22,24)(H2,20,21,25). The molecular weight excluding hydrogens is 316 g/mol. The lowest BCUT2D eigenvalue weighted by Crippen LogP contribution is -2.56. The van der Waals surface area contributed by atoms with E-state index in [-0.39, 0.29) is 17.5 Å². The number of nitrogens with one attached hydrogen (secondary N) is 3. The van der Waals surface area contributed by atoms with Crippen molar-refractivity contribution in [2.45, 2.75) is 76.3 Å². The normalized spacial score (nSPS) is 27.3. The highest BCUT2D eigenvalue weighted by molar-refractivity contribution is 5.78. The van der Waals surface area contributed by atoms with Gasteiger partial charge in [0.2, 0.25) is 5.91 Å². The fourth-order valence-electron chi connectivity index (χ4n) is 4.32. The number of carbonyl (C=O) groups excluding carboxylic acids is 2. The summed E-state index contributed by atoms with van der Waals surface area (Å²) < 4.78 is 0. The van der Waals surface area contributed by atoms with E-state index in [0.29, 0.717) is 31.5 Å². The van der Waals surface area contributed by atoms with Crippen molar-refractivity contribution >= 4 is 11.9 Å². The van der Waals surface area contributed by atoms with E-state index in [1.54, 1.807) is 0 Å². The number of carbonyl (C=O) groups is 2. The van der Waals surface area contributed by atoms with Crippen molar-refractivity contribution in [3.63, 3.8) is 0 Å². The minimum atomic E-state index is -0.173. The molecule has 144 valence electrons. The van der Waals surface area contributed by atoms with Gasteiger partial charge < -0.3 is 20.9 Å². The Kier molecular flexibility index (Phi) is 7.54. The summed E-state index contributed by atoms with van der Waals surface area (Å²) in [4.78, 5) is 26.2. The lowest BCUT2D eigenvalue weighted by molar-refractivity contribution is -0.121. The number of rotatable bonds is 7. The van der Waals surface area contributed by atoms with E-state index >= 15 is 0 Å². The molecule has 6 heteroatoms. The van der Waals surface area contributed by atoms with Crippen LogP contribution < -0.4 is 16.0 Å². The molecule has 6 nitrogen and oxygen atoms in total. The van der Waals surface area contributed by atoms with Crippen molar-refractivity contribution in [2.24, 2.45) is 5.92 Å². The highest BCUT2D eigenvalue weighted by Crippen LogP contribution is 2.35. The Hall–Kier alpha value is -1.30. The van der Waals surface area contributed by atoms with E-state index in [2.05, 4.69) is 41.9 Å². The molecule has 0 aromatic rings. The molecule has 2 fully saturated rings. The molecule has 0 aromatic carbocycles. The van der Waals surface area contributed by atoms with Gasteiger partial charge in [0.25, 0.3) is 0 Å². The average Bonchev–Trinajstić information content (AvgIpc) is 3.05. The van der Waals surface area contributed by atoms with Gasteiger partial charge in [0.15, 0.2) is 0 Å². The molecule has 0 spiro atoms. The van der Waals surface area contributed by atoms with Crippen LogP contribution in [0.5, 0.6) is 0 Å². The Bertz CT molecular complexity index is 449. The first-order chi connectivity index (χ1) is 11.9. The second-order valence-corrected chi connectivity index (χ2v) is 8.23. The smallest absolute Gasteiger partial charge is 0.314 e. The Morgan fingerprint density at radius 1 is 1.08 bits per heavy atom. The molecule has 3 N–H and O–H groups in total. The molecule has 25 heavy (non-hydrogen) atoms. The van der Waals surface area contributed by atoms with Gasteiger partial charge in [-0.25, -0.2) is 4.79 Å². The van der Waals surface area contributed by atoms with Crippen LogP contribution in [-0.2, 0) is 4.79 Å². The van der Waals surface area contributed by atoms with Gasteiger partial charge in [0, 0.05) is 31.1 Å². The summed E-state index contributed by atoms with van der Waals surface area (Å²) in [6.07, 6.45) is 9.66.